The number of hydrogen-bond acceptors (Lipinski definition) is 10. The summed E-state index contributed by atoms with van der Waals surface area (Å²) in [5, 5.41) is 6.37. The lowest BCUT2D eigenvalue weighted by Crippen LogP contribution is -2.60. The second kappa shape index (κ2) is 15.6. The van der Waals surface area contributed by atoms with Crippen LogP contribution in [0, 0.1) is 5.92 Å². The first-order valence-corrected chi connectivity index (χ1v) is 20.1. The fraction of sp³-hybridized carbons (Fsp3) is 0.475. The van der Waals surface area contributed by atoms with Gasteiger partial charge in [-0.2, -0.15) is 0 Å². The van der Waals surface area contributed by atoms with E-state index in [0.717, 1.165) is 16.3 Å². The first-order chi connectivity index (χ1) is 26.0. The summed E-state index contributed by atoms with van der Waals surface area (Å²) in [4.78, 5) is 61.7. The number of rotatable bonds is 14. The van der Waals surface area contributed by atoms with Crippen LogP contribution >= 0.6 is 0 Å². The molecule has 55 heavy (non-hydrogen) atoms. The molecule has 294 valence electrons. The maximum atomic E-state index is 14.6. The number of ether oxygens (including phenoxy) is 3. The molecule has 2 saturated carbocycles. The van der Waals surface area contributed by atoms with E-state index in [0.29, 0.717) is 24.4 Å². The fourth-order valence-electron chi connectivity index (χ4n) is 6.92. The van der Waals surface area contributed by atoms with Gasteiger partial charge in [-0.05, 0) is 71.4 Å². The van der Waals surface area contributed by atoms with Gasteiger partial charge >= 0.3 is 6.09 Å². The Morgan fingerprint density at radius 1 is 1.07 bits per heavy atom. The maximum absolute atomic E-state index is 14.6. The minimum Gasteiger partial charge on any atom is -0.472 e. The molecule has 1 aromatic heterocycles. The Kier molecular flexibility index (Phi) is 11.3. The number of carbonyl (C=O) groups is 4. The zero-order valence-corrected chi connectivity index (χ0v) is 32.6. The van der Waals surface area contributed by atoms with E-state index >= 15 is 0 Å². The van der Waals surface area contributed by atoms with Crippen molar-refractivity contribution in [1.82, 2.24) is 25.2 Å². The van der Waals surface area contributed by atoms with E-state index in [2.05, 4.69) is 21.9 Å². The predicted octanol–water partition coefficient (Wildman–Crippen LogP) is 4.24. The number of fused-ring (bicyclic) bond motifs is 1. The molecule has 3 aromatic rings. The molecule has 0 unspecified atom stereocenters. The third-order valence-electron chi connectivity index (χ3n) is 9.99. The van der Waals surface area contributed by atoms with Crippen molar-refractivity contribution in [2.24, 2.45) is 5.92 Å². The Balaban J connectivity index is 1.33. The zero-order chi connectivity index (χ0) is 39.7. The largest absolute Gasteiger partial charge is 0.472 e. The number of nitrogens with one attached hydrogen (secondary N) is 3. The second-order valence-corrected chi connectivity index (χ2v) is 17.3. The molecule has 15 heteroatoms. The van der Waals surface area contributed by atoms with Gasteiger partial charge < -0.3 is 29.7 Å². The van der Waals surface area contributed by atoms with Crippen molar-refractivity contribution < 1.29 is 41.8 Å². The van der Waals surface area contributed by atoms with Crippen molar-refractivity contribution >= 4 is 44.6 Å². The molecule has 0 radical (unpaired) electrons. The number of amides is 4. The molecule has 3 fully saturated rings. The van der Waals surface area contributed by atoms with Gasteiger partial charge in [0, 0.05) is 29.9 Å². The molecule has 1 aliphatic heterocycles. The Morgan fingerprint density at radius 3 is 2.40 bits per heavy atom. The van der Waals surface area contributed by atoms with Crippen LogP contribution in [0.3, 0.4) is 0 Å². The van der Waals surface area contributed by atoms with Crippen LogP contribution in [0.1, 0.15) is 60.3 Å². The van der Waals surface area contributed by atoms with Crippen LogP contribution in [0.25, 0.3) is 22.0 Å². The highest BCUT2D eigenvalue weighted by atomic mass is 32.2. The molecular formula is C40H49N5O9S. The molecule has 3 N–H and O–H groups in total. The summed E-state index contributed by atoms with van der Waals surface area (Å²) in [7, 11) is -3.92. The minimum atomic E-state index is -3.92. The molecule has 6 atom stereocenters. The fourth-order valence-corrected chi connectivity index (χ4v) is 8.28. The van der Waals surface area contributed by atoms with Crippen LogP contribution in [0.2, 0.25) is 0 Å². The van der Waals surface area contributed by atoms with Gasteiger partial charge in [-0.3, -0.25) is 19.1 Å². The lowest BCUT2D eigenvalue weighted by Gasteiger charge is -2.32. The standard InChI is InChI=1S/C40H49N5O9S/c1-7-27-22-40(27,37(48)44-55(50,51)29-18-19-29)43-34(46)32-21-28(23-45(32)36(47)33(24(3)52-8-2)42-38(49)54-39(4,5)6)53-35-30-17-13-12-16-26(30)20-31(41-35)25-14-10-9-11-15-25/h7,9-17,20,24,27-29,32-33H,1,8,18-19,21-23H2,2-6H3,(H,42,49)(H,43,46)(H,44,48)/t24-,27-,28+,32+,33-,40-/m0/s1. The van der Waals surface area contributed by atoms with Gasteiger partial charge in [-0.25, -0.2) is 18.2 Å². The number of alkyl carbamates (subject to hydrolysis) is 1. The molecule has 3 aliphatic rings. The van der Waals surface area contributed by atoms with Crippen molar-refractivity contribution in [3.05, 3.63) is 73.3 Å². The van der Waals surface area contributed by atoms with Gasteiger partial charge in [0.2, 0.25) is 27.7 Å². The van der Waals surface area contributed by atoms with Crippen LogP contribution in [0.15, 0.2) is 73.3 Å². The molecular weight excluding hydrogens is 727 g/mol. The highest BCUT2D eigenvalue weighted by Crippen LogP contribution is 2.45. The van der Waals surface area contributed by atoms with Gasteiger partial charge in [0.05, 0.1) is 23.6 Å². The number of carbonyl (C=O) groups excluding carboxylic acids is 4. The lowest BCUT2D eigenvalue weighted by atomic mass is 10.1. The highest BCUT2D eigenvalue weighted by Gasteiger charge is 2.62. The summed E-state index contributed by atoms with van der Waals surface area (Å²) < 4.78 is 45.5. The van der Waals surface area contributed by atoms with Crippen molar-refractivity contribution in [1.29, 1.82) is 0 Å². The number of nitrogens with zero attached hydrogens (tertiary/aromatic N) is 2. The number of likely N-dealkylation sites (tertiary alicyclic amines) is 1. The number of benzene rings is 2. The smallest absolute Gasteiger partial charge is 0.408 e. The molecule has 0 bridgehead atoms. The molecule has 2 heterocycles. The molecule has 14 nitrogen and oxygen atoms in total. The lowest BCUT2D eigenvalue weighted by molar-refractivity contribution is -0.143. The van der Waals surface area contributed by atoms with Crippen molar-refractivity contribution in [3.63, 3.8) is 0 Å². The summed E-state index contributed by atoms with van der Waals surface area (Å²) >= 11 is 0. The average Bonchev–Trinajstić information content (AvgIpc) is 4.07. The maximum Gasteiger partial charge on any atom is 0.408 e. The van der Waals surface area contributed by atoms with Crippen LogP contribution in [-0.4, -0.2) is 95.9 Å². The summed E-state index contributed by atoms with van der Waals surface area (Å²) in [6, 6.07) is 16.7. The number of aromatic nitrogens is 1. The average molecular weight is 776 g/mol. The van der Waals surface area contributed by atoms with Crippen LogP contribution in [-0.2, 0) is 33.9 Å². The van der Waals surface area contributed by atoms with E-state index in [1.165, 1.54) is 11.0 Å². The Hall–Kier alpha value is -5.02. The monoisotopic (exact) mass is 775 g/mol. The van der Waals surface area contributed by atoms with Gasteiger partial charge in [0.1, 0.15) is 29.3 Å². The van der Waals surface area contributed by atoms with E-state index in [1.54, 1.807) is 34.6 Å². The van der Waals surface area contributed by atoms with E-state index in [-0.39, 0.29) is 26.0 Å². The number of pyridine rings is 1. The van der Waals surface area contributed by atoms with Gasteiger partial charge in [-0.15, -0.1) is 6.58 Å². The van der Waals surface area contributed by atoms with Crippen LogP contribution in [0.4, 0.5) is 4.79 Å². The third-order valence-corrected chi connectivity index (χ3v) is 11.8. The van der Waals surface area contributed by atoms with E-state index in [9.17, 15) is 27.6 Å². The first-order valence-electron chi connectivity index (χ1n) is 18.6. The Labute approximate surface area is 321 Å². The molecule has 2 aromatic carbocycles. The minimum absolute atomic E-state index is 0.0118. The predicted molar refractivity (Wildman–Crippen MR) is 205 cm³/mol. The first kappa shape index (κ1) is 39.7. The van der Waals surface area contributed by atoms with Crippen molar-refractivity contribution in [3.8, 4) is 17.1 Å². The third kappa shape index (κ3) is 8.94. The van der Waals surface area contributed by atoms with E-state index < -0.39 is 80.4 Å². The molecule has 2 aliphatic carbocycles. The van der Waals surface area contributed by atoms with Crippen molar-refractivity contribution in [2.45, 2.75) is 101 Å². The molecule has 4 amide bonds. The number of hydrogen-bond donors (Lipinski definition) is 3. The molecule has 6 rings (SSSR count). The second-order valence-electron chi connectivity index (χ2n) is 15.3. The van der Waals surface area contributed by atoms with Crippen LogP contribution in [0.5, 0.6) is 5.88 Å². The molecule has 1 saturated heterocycles. The highest BCUT2D eigenvalue weighted by molar-refractivity contribution is 7.91. The summed E-state index contributed by atoms with van der Waals surface area (Å²) in [6.45, 7) is 12.4. The van der Waals surface area contributed by atoms with Gasteiger partial charge in [0.25, 0.3) is 5.91 Å². The normalized spacial score (nSPS) is 23.3. The van der Waals surface area contributed by atoms with Gasteiger partial charge in [-0.1, -0.05) is 54.6 Å². The Bertz CT molecular complexity index is 2070. The van der Waals surface area contributed by atoms with Crippen molar-refractivity contribution in [2.75, 3.05) is 13.2 Å². The van der Waals surface area contributed by atoms with E-state index in [4.69, 9.17) is 19.2 Å². The Morgan fingerprint density at radius 2 is 1.76 bits per heavy atom. The van der Waals surface area contributed by atoms with E-state index in [1.807, 2.05) is 60.7 Å². The quantitative estimate of drug-likeness (QED) is 0.201. The molecule has 0 spiro atoms. The summed E-state index contributed by atoms with van der Waals surface area (Å²) in [5.41, 5.74) is -0.907. The summed E-state index contributed by atoms with van der Waals surface area (Å²) in [5.74, 6) is -2.43. The zero-order valence-electron chi connectivity index (χ0n) is 31.7. The number of sulfonamides is 1. The van der Waals surface area contributed by atoms with Gasteiger partial charge in [0.15, 0.2) is 0 Å². The SMILES string of the molecule is C=C[C@H]1C[C@@]1(NC(=O)[C@H]1C[C@@H](Oc2nc(-c3ccccc3)cc3ccccc23)CN1C(=O)[C@@H](NC(=O)OC(C)(C)C)[C@H](C)OCC)C(=O)NS(=O)(=O)C1CC1. The summed E-state index contributed by atoms with van der Waals surface area (Å²) in [6.07, 6.45) is 0.0610. The topological polar surface area (TPSA) is 182 Å². The van der Waals surface area contributed by atoms with Crippen LogP contribution < -0.4 is 20.1 Å².